The van der Waals surface area contributed by atoms with E-state index in [9.17, 15) is 26.3 Å². The summed E-state index contributed by atoms with van der Waals surface area (Å²) < 4.78 is 87.9. The van der Waals surface area contributed by atoms with Gasteiger partial charge >= 0.3 is 12.4 Å². The van der Waals surface area contributed by atoms with Crippen molar-refractivity contribution in [2.24, 2.45) is 0 Å². The van der Waals surface area contributed by atoms with Gasteiger partial charge in [-0.1, -0.05) is 18.6 Å². The molecule has 3 atom stereocenters. The smallest absolute Gasteiger partial charge is 0.346 e. The van der Waals surface area contributed by atoms with Gasteiger partial charge in [0.05, 0.1) is 11.1 Å². The van der Waals surface area contributed by atoms with Crippen molar-refractivity contribution >= 4 is 10.9 Å². The van der Waals surface area contributed by atoms with E-state index in [2.05, 4.69) is 15.0 Å². The number of imidazole rings is 1. The first-order chi connectivity index (χ1) is 15.1. The molecule has 0 aliphatic carbocycles. The van der Waals surface area contributed by atoms with Gasteiger partial charge < -0.3 is 9.72 Å². The quantitative estimate of drug-likeness (QED) is 0.509. The molecule has 2 aliphatic heterocycles. The number of alkyl halides is 6. The number of nitrogens with one attached hydrogen (secondary N) is 1. The number of benzene rings is 1. The fourth-order valence-corrected chi connectivity index (χ4v) is 4.70. The van der Waals surface area contributed by atoms with E-state index in [0.29, 0.717) is 18.8 Å². The fraction of sp³-hybridized carbons (Fsp3) is 0.429. The summed E-state index contributed by atoms with van der Waals surface area (Å²) in [5.41, 5.74) is -3.25. The average Bonchev–Trinajstić information content (AvgIpc) is 3.39. The molecule has 32 heavy (non-hydrogen) atoms. The Morgan fingerprint density at radius 2 is 1.88 bits per heavy atom. The third kappa shape index (κ3) is 3.53. The number of pyridine rings is 1. The molecule has 0 spiro atoms. The van der Waals surface area contributed by atoms with E-state index in [-0.39, 0.29) is 17.0 Å². The molecule has 5 nitrogen and oxygen atoms in total. The molecule has 0 unspecified atom stereocenters. The summed E-state index contributed by atoms with van der Waals surface area (Å²) in [5, 5.41) is 0.00319. The Morgan fingerprint density at radius 1 is 1.06 bits per heavy atom. The second-order valence-electron chi connectivity index (χ2n) is 7.98. The Morgan fingerprint density at radius 3 is 2.56 bits per heavy atom. The summed E-state index contributed by atoms with van der Waals surface area (Å²) in [7, 11) is 0. The second kappa shape index (κ2) is 7.45. The van der Waals surface area contributed by atoms with Crippen molar-refractivity contribution in [2.75, 3.05) is 6.54 Å². The van der Waals surface area contributed by atoms with Crippen LogP contribution in [0.1, 0.15) is 54.2 Å². The van der Waals surface area contributed by atoms with Crippen LogP contribution in [0, 0.1) is 0 Å². The van der Waals surface area contributed by atoms with Gasteiger partial charge in [-0.3, -0.25) is 4.90 Å². The number of rotatable bonds is 2. The molecule has 0 radical (unpaired) electrons. The summed E-state index contributed by atoms with van der Waals surface area (Å²) >= 11 is 0. The average molecular weight is 456 g/mol. The molecule has 0 saturated carbocycles. The molecular formula is C21H18F6N4O. The highest BCUT2D eigenvalue weighted by molar-refractivity contribution is 5.86. The third-order valence-electron chi connectivity index (χ3n) is 6.05. The summed E-state index contributed by atoms with van der Waals surface area (Å²) in [4.78, 5) is 12.6. The highest BCUT2D eigenvalue weighted by Gasteiger charge is 2.47. The van der Waals surface area contributed by atoms with E-state index in [1.165, 1.54) is 12.1 Å². The van der Waals surface area contributed by atoms with Crippen LogP contribution in [0.3, 0.4) is 0 Å². The van der Waals surface area contributed by atoms with Gasteiger partial charge in [0, 0.05) is 30.4 Å². The maximum atomic E-state index is 13.6. The highest BCUT2D eigenvalue weighted by atomic mass is 19.4. The lowest BCUT2D eigenvalue weighted by atomic mass is 9.91. The lowest BCUT2D eigenvalue weighted by molar-refractivity contribution is -0.142. The first kappa shape index (κ1) is 21.2. The zero-order valence-electron chi connectivity index (χ0n) is 16.5. The van der Waals surface area contributed by atoms with Crippen molar-refractivity contribution in [3.8, 4) is 0 Å². The van der Waals surface area contributed by atoms with Crippen LogP contribution >= 0.6 is 0 Å². The molecule has 2 fully saturated rings. The van der Waals surface area contributed by atoms with E-state index in [1.807, 2.05) is 4.90 Å². The number of aromatic nitrogens is 3. The van der Waals surface area contributed by atoms with Crippen molar-refractivity contribution in [3.05, 3.63) is 59.3 Å². The number of para-hydroxylation sites is 1. The van der Waals surface area contributed by atoms with E-state index in [1.54, 1.807) is 12.4 Å². The minimum absolute atomic E-state index is 0.00319. The number of H-pyrrole nitrogens is 1. The van der Waals surface area contributed by atoms with E-state index < -0.39 is 41.5 Å². The number of ether oxygens (including phenoxy) is 1. The van der Waals surface area contributed by atoms with Crippen LogP contribution in [0.25, 0.3) is 10.9 Å². The van der Waals surface area contributed by atoms with Crippen LogP contribution in [0.4, 0.5) is 26.3 Å². The van der Waals surface area contributed by atoms with E-state index >= 15 is 0 Å². The topological polar surface area (TPSA) is 54.0 Å². The third-order valence-corrected chi connectivity index (χ3v) is 6.05. The van der Waals surface area contributed by atoms with Gasteiger partial charge in [0.1, 0.15) is 11.8 Å². The number of piperidine rings is 1. The lowest BCUT2D eigenvalue weighted by Crippen LogP contribution is -2.38. The van der Waals surface area contributed by atoms with Crippen LogP contribution in [0.15, 0.2) is 36.7 Å². The fourth-order valence-electron chi connectivity index (χ4n) is 4.70. The lowest BCUT2D eigenvalue weighted by Gasteiger charge is -2.32. The monoisotopic (exact) mass is 456 g/mol. The summed E-state index contributed by atoms with van der Waals surface area (Å²) in [6, 6.07) is 3.82. The Kier molecular flexibility index (Phi) is 4.93. The molecule has 0 amide bonds. The normalized spacial score (nSPS) is 24.8. The summed E-state index contributed by atoms with van der Waals surface area (Å²) in [6.45, 7) is 0.648. The van der Waals surface area contributed by atoms with Crippen LogP contribution in [0.5, 0.6) is 0 Å². The molecule has 170 valence electrons. The van der Waals surface area contributed by atoms with Crippen LogP contribution < -0.4 is 0 Å². The highest BCUT2D eigenvalue weighted by Crippen LogP contribution is 2.48. The largest absolute Gasteiger partial charge is 0.433 e. The van der Waals surface area contributed by atoms with Gasteiger partial charge in [-0.05, 0) is 30.5 Å². The molecule has 2 aromatic heterocycles. The van der Waals surface area contributed by atoms with Gasteiger partial charge in [-0.25, -0.2) is 9.97 Å². The number of hydrogen-bond donors (Lipinski definition) is 1. The number of halogens is 6. The predicted molar refractivity (Wildman–Crippen MR) is 101 cm³/mol. The van der Waals surface area contributed by atoms with Gasteiger partial charge in [0.15, 0.2) is 12.1 Å². The van der Waals surface area contributed by atoms with Crippen molar-refractivity contribution < 1.29 is 31.1 Å². The predicted octanol–water partition coefficient (Wildman–Crippen LogP) is 5.62. The van der Waals surface area contributed by atoms with Gasteiger partial charge in [0.25, 0.3) is 0 Å². The Labute approximate surface area is 178 Å². The maximum Gasteiger partial charge on any atom is 0.433 e. The minimum Gasteiger partial charge on any atom is -0.346 e. The molecule has 2 saturated heterocycles. The summed E-state index contributed by atoms with van der Waals surface area (Å²) in [5.74, 6) is 0.504. The van der Waals surface area contributed by atoms with Crippen molar-refractivity contribution in [2.45, 2.75) is 50.0 Å². The molecule has 2 aliphatic rings. The van der Waals surface area contributed by atoms with E-state index in [0.717, 1.165) is 25.0 Å². The summed E-state index contributed by atoms with van der Waals surface area (Å²) in [6.07, 6.45) is -5.71. The van der Waals surface area contributed by atoms with Gasteiger partial charge in [-0.2, -0.15) is 26.3 Å². The standard InChI is InChI=1S/C21H18F6N4O/c22-20(23,24)13-5-3-4-11-12(10-15(21(25,26)27)30-16(11)13)17-14-6-1-2-9-31(14)19(32-17)18-28-7-8-29-18/h3-5,7-8,10,14,17,19H,1-2,6,9H2,(H,28,29)/t14-,17+,19-/m1/s1. The number of fused-ring (bicyclic) bond motifs is 2. The molecule has 11 heteroatoms. The van der Waals surface area contributed by atoms with Crippen molar-refractivity contribution in [1.29, 1.82) is 0 Å². The number of aromatic amines is 1. The first-order valence-corrected chi connectivity index (χ1v) is 10.1. The Bertz CT molecular complexity index is 1130. The molecule has 4 heterocycles. The zero-order valence-corrected chi connectivity index (χ0v) is 16.5. The number of hydrogen-bond acceptors (Lipinski definition) is 4. The Hall–Kier alpha value is -2.66. The number of nitrogens with zero attached hydrogens (tertiary/aromatic N) is 3. The van der Waals surface area contributed by atoms with Gasteiger partial charge in [-0.15, -0.1) is 0 Å². The van der Waals surface area contributed by atoms with Crippen LogP contribution in [-0.2, 0) is 17.1 Å². The minimum atomic E-state index is -4.91. The second-order valence-corrected chi connectivity index (χ2v) is 7.98. The SMILES string of the molecule is FC(F)(F)c1cc([C@@H]2O[C@H](c3ncc[nH]3)N3CCCC[C@H]23)c2cccc(C(F)(F)F)c2n1. The van der Waals surface area contributed by atoms with E-state index in [4.69, 9.17) is 4.74 Å². The van der Waals surface area contributed by atoms with Crippen molar-refractivity contribution in [1.82, 2.24) is 19.9 Å². The van der Waals surface area contributed by atoms with Crippen LogP contribution in [-0.4, -0.2) is 32.4 Å². The Balaban J connectivity index is 1.71. The maximum absolute atomic E-state index is 13.6. The van der Waals surface area contributed by atoms with Crippen molar-refractivity contribution in [3.63, 3.8) is 0 Å². The zero-order chi connectivity index (χ0) is 22.7. The van der Waals surface area contributed by atoms with Gasteiger partial charge in [0.2, 0.25) is 0 Å². The molecule has 5 rings (SSSR count). The molecular weight excluding hydrogens is 438 g/mol. The molecule has 1 N–H and O–H groups in total. The molecule has 1 aromatic carbocycles. The molecule has 0 bridgehead atoms. The first-order valence-electron chi connectivity index (χ1n) is 10.1. The molecule has 3 aromatic rings. The van der Waals surface area contributed by atoms with Crippen LogP contribution in [0.2, 0.25) is 0 Å².